The predicted octanol–water partition coefficient (Wildman–Crippen LogP) is 2.79. The van der Waals surface area contributed by atoms with Crippen LogP contribution in [0.2, 0.25) is 0 Å². The maximum absolute atomic E-state index is 12.4. The smallest absolute Gasteiger partial charge is 0.246 e. The van der Waals surface area contributed by atoms with E-state index in [4.69, 9.17) is 0 Å². The molecule has 0 fully saturated rings. The molecule has 2 aromatic heterocycles. The fourth-order valence-corrected chi connectivity index (χ4v) is 1.66. The van der Waals surface area contributed by atoms with E-state index in [1.807, 2.05) is 13.8 Å². The summed E-state index contributed by atoms with van der Waals surface area (Å²) in [5, 5.41) is 0. The van der Waals surface area contributed by atoms with Crippen LogP contribution in [0.3, 0.4) is 0 Å². The van der Waals surface area contributed by atoms with E-state index in [2.05, 4.69) is 26.5 Å². The number of allylic oxidation sites excluding steroid dienone is 1. The lowest BCUT2D eigenvalue weighted by Gasteiger charge is -2.07. The third kappa shape index (κ3) is 2.89. The lowest BCUT2D eigenvalue weighted by atomic mass is 10.1. The molecule has 0 saturated heterocycles. The molecule has 0 spiro atoms. The molecule has 0 N–H and O–H groups in total. The molecular weight excluding hydrogens is 250 g/mol. The fourth-order valence-electron chi connectivity index (χ4n) is 1.66. The van der Waals surface area contributed by atoms with Crippen LogP contribution in [0.25, 0.3) is 11.2 Å². The van der Waals surface area contributed by atoms with Gasteiger partial charge in [0.25, 0.3) is 6.43 Å². The van der Waals surface area contributed by atoms with Gasteiger partial charge < -0.3 is 0 Å². The van der Waals surface area contributed by atoms with Gasteiger partial charge in [0.2, 0.25) is 0 Å². The molecule has 2 heterocycles. The van der Waals surface area contributed by atoms with Gasteiger partial charge in [0, 0.05) is 0 Å². The molecule has 0 aliphatic carbocycles. The van der Waals surface area contributed by atoms with E-state index >= 15 is 0 Å². The molecule has 0 atom stereocenters. The number of alkyl halides is 2. The highest BCUT2D eigenvalue weighted by molar-refractivity contribution is 5.72. The Morgan fingerprint density at radius 3 is 2.58 bits per heavy atom. The van der Waals surface area contributed by atoms with E-state index in [1.54, 1.807) is 0 Å². The average Bonchev–Trinajstić information content (AvgIpc) is 2.37. The first-order chi connectivity index (χ1) is 8.99. The van der Waals surface area contributed by atoms with Gasteiger partial charge >= 0.3 is 0 Å². The van der Waals surface area contributed by atoms with Crippen LogP contribution in [0.4, 0.5) is 8.78 Å². The molecule has 0 aromatic carbocycles. The molecule has 0 unspecified atom stereocenters. The van der Waals surface area contributed by atoms with Crippen molar-refractivity contribution in [3.8, 4) is 0 Å². The Kier molecular flexibility index (Phi) is 3.78. The minimum Gasteiger partial charge on any atom is -0.246 e. The second kappa shape index (κ2) is 5.34. The van der Waals surface area contributed by atoms with Crippen molar-refractivity contribution < 1.29 is 8.78 Å². The van der Waals surface area contributed by atoms with Gasteiger partial charge in [-0.25, -0.2) is 28.7 Å². The number of aromatic nitrogens is 4. The van der Waals surface area contributed by atoms with Crippen LogP contribution in [0.1, 0.15) is 23.5 Å². The molecule has 0 radical (unpaired) electrons. The van der Waals surface area contributed by atoms with Gasteiger partial charge in [-0.3, -0.25) is 0 Å². The number of nitrogens with zero attached hydrogens (tertiary/aromatic N) is 4. The van der Waals surface area contributed by atoms with Crippen LogP contribution >= 0.6 is 0 Å². The second-order valence-corrected chi connectivity index (χ2v) is 4.35. The van der Waals surface area contributed by atoms with Crippen LogP contribution in [-0.4, -0.2) is 26.4 Å². The second-order valence-electron chi connectivity index (χ2n) is 4.35. The lowest BCUT2D eigenvalue weighted by molar-refractivity contribution is 0.185. The fraction of sp³-hybridized carbons (Fsp3) is 0.385. The first-order valence-electron chi connectivity index (χ1n) is 5.89. The Balaban J connectivity index is 2.33. The molecule has 6 heteroatoms. The van der Waals surface area contributed by atoms with Crippen LogP contribution in [0, 0.1) is 13.8 Å². The zero-order valence-electron chi connectivity index (χ0n) is 10.8. The number of fused-ring (bicyclic) bond motifs is 1. The van der Waals surface area contributed by atoms with Crippen molar-refractivity contribution in [2.24, 2.45) is 0 Å². The molecule has 0 amide bonds. The van der Waals surface area contributed by atoms with E-state index in [0.29, 0.717) is 23.3 Å². The monoisotopic (exact) mass is 264 g/mol. The number of aryl methyl sites for hydroxylation is 3. The largest absolute Gasteiger partial charge is 0.259 e. The molecular formula is C13H14F2N4. The van der Waals surface area contributed by atoms with E-state index in [-0.39, 0.29) is 12.0 Å². The van der Waals surface area contributed by atoms with Crippen molar-refractivity contribution in [1.29, 1.82) is 0 Å². The summed E-state index contributed by atoms with van der Waals surface area (Å²) in [6, 6.07) is 0. The third-order valence-corrected chi connectivity index (χ3v) is 2.95. The highest BCUT2D eigenvalue weighted by Crippen LogP contribution is 2.18. The molecule has 4 nitrogen and oxygen atoms in total. The summed E-state index contributed by atoms with van der Waals surface area (Å²) in [6.45, 7) is 7.04. The van der Waals surface area contributed by atoms with Gasteiger partial charge in [-0.2, -0.15) is 0 Å². The highest BCUT2D eigenvalue weighted by atomic mass is 19.3. The lowest BCUT2D eigenvalue weighted by Crippen LogP contribution is -2.03. The first kappa shape index (κ1) is 13.5. The van der Waals surface area contributed by atoms with Gasteiger partial charge in [-0.05, 0) is 32.3 Å². The number of hydrogen-bond acceptors (Lipinski definition) is 4. The number of rotatable bonds is 4. The Bertz CT molecular complexity index is 625. The van der Waals surface area contributed by atoms with Crippen LogP contribution in [0.5, 0.6) is 0 Å². The Morgan fingerprint density at radius 2 is 1.89 bits per heavy atom. The highest BCUT2D eigenvalue weighted by Gasteiger charge is 2.12. The van der Waals surface area contributed by atoms with E-state index in [0.717, 1.165) is 11.4 Å². The predicted molar refractivity (Wildman–Crippen MR) is 68.1 cm³/mol. The summed E-state index contributed by atoms with van der Waals surface area (Å²) >= 11 is 0. The van der Waals surface area contributed by atoms with Gasteiger partial charge in [0.1, 0.15) is 11.8 Å². The van der Waals surface area contributed by atoms with Gasteiger partial charge in [-0.1, -0.05) is 6.58 Å². The van der Waals surface area contributed by atoms with E-state index in [9.17, 15) is 8.78 Å². The number of halogens is 2. The summed E-state index contributed by atoms with van der Waals surface area (Å²) < 4.78 is 24.8. The normalized spacial score (nSPS) is 11.2. The van der Waals surface area contributed by atoms with Crippen molar-refractivity contribution in [2.45, 2.75) is 33.1 Å². The van der Waals surface area contributed by atoms with Crippen LogP contribution in [-0.2, 0) is 6.42 Å². The van der Waals surface area contributed by atoms with Crippen molar-refractivity contribution in [3.63, 3.8) is 0 Å². The molecule has 0 aliphatic heterocycles. The average molecular weight is 264 g/mol. The summed E-state index contributed by atoms with van der Waals surface area (Å²) in [6.07, 6.45) is -0.576. The summed E-state index contributed by atoms with van der Waals surface area (Å²) in [4.78, 5) is 16.9. The minimum atomic E-state index is -2.50. The first-order valence-corrected chi connectivity index (χ1v) is 5.89. The maximum Gasteiger partial charge on any atom is 0.259 e. The van der Waals surface area contributed by atoms with Crippen molar-refractivity contribution in [1.82, 2.24) is 19.9 Å². The molecule has 0 bridgehead atoms. The Labute approximate surface area is 109 Å². The SMILES string of the molecule is C=C(CCc1ncnc2nc(C)c(C)nc12)C(F)F. The van der Waals surface area contributed by atoms with Crippen molar-refractivity contribution in [3.05, 3.63) is 35.6 Å². The topological polar surface area (TPSA) is 51.6 Å². The minimum absolute atomic E-state index is 0.0939. The van der Waals surface area contributed by atoms with E-state index < -0.39 is 6.43 Å². The Morgan fingerprint density at radius 1 is 1.21 bits per heavy atom. The molecule has 0 aliphatic rings. The molecule has 100 valence electrons. The zero-order chi connectivity index (χ0) is 14.0. The van der Waals surface area contributed by atoms with Gasteiger partial charge in [0.15, 0.2) is 5.65 Å². The third-order valence-electron chi connectivity index (χ3n) is 2.95. The van der Waals surface area contributed by atoms with Crippen molar-refractivity contribution >= 4 is 11.2 Å². The number of hydrogen-bond donors (Lipinski definition) is 0. The molecule has 0 saturated carbocycles. The summed E-state index contributed by atoms with van der Waals surface area (Å²) in [5.41, 5.74) is 3.19. The molecule has 2 rings (SSSR count). The van der Waals surface area contributed by atoms with Crippen LogP contribution in [0.15, 0.2) is 18.5 Å². The Hall–Kier alpha value is -1.98. The molecule has 2 aromatic rings. The molecule has 19 heavy (non-hydrogen) atoms. The van der Waals surface area contributed by atoms with Gasteiger partial charge in [-0.15, -0.1) is 0 Å². The standard InChI is InChI=1S/C13H14F2N4/c1-7(12(14)15)4-5-10-11-13(17-6-16-10)19-9(3)8(2)18-11/h6,12H,1,4-5H2,2-3H3. The summed E-state index contributed by atoms with van der Waals surface area (Å²) in [5.74, 6) is 0. The maximum atomic E-state index is 12.4. The quantitative estimate of drug-likeness (QED) is 0.797. The van der Waals surface area contributed by atoms with E-state index in [1.165, 1.54) is 6.33 Å². The zero-order valence-corrected chi connectivity index (χ0v) is 10.8. The van der Waals surface area contributed by atoms with Crippen molar-refractivity contribution in [2.75, 3.05) is 0 Å². The van der Waals surface area contributed by atoms with Crippen LogP contribution < -0.4 is 0 Å². The van der Waals surface area contributed by atoms with Gasteiger partial charge in [0.05, 0.1) is 17.1 Å². The summed E-state index contributed by atoms with van der Waals surface area (Å²) in [7, 11) is 0.